The second kappa shape index (κ2) is 8.57. The number of hydrogen-bond donors (Lipinski definition) is 3. The van der Waals surface area contributed by atoms with E-state index in [1.807, 2.05) is 30.3 Å². The molecule has 3 rings (SSSR count). The van der Waals surface area contributed by atoms with Crippen molar-refractivity contribution < 1.29 is 9.59 Å². The lowest BCUT2D eigenvalue weighted by atomic mass is 10.2. The minimum atomic E-state index is -0.209. The van der Waals surface area contributed by atoms with Gasteiger partial charge in [0.05, 0.1) is 17.8 Å². The van der Waals surface area contributed by atoms with Crippen molar-refractivity contribution in [3.63, 3.8) is 0 Å². The standard InChI is InChI=1S/C20H19N5O2/c1-14(26)24-16-6-8-17(9-7-16)25-19-10-5-15(12-22-19)20(27)23-13-18-4-2-3-11-21-18/h2-12H,13H2,1H3,(H,22,25)(H,23,27)(H,24,26). The third kappa shape index (κ3) is 5.37. The van der Waals surface area contributed by atoms with E-state index in [4.69, 9.17) is 0 Å². The Morgan fingerprint density at radius 3 is 2.33 bits per heavy atom. The normalized spacial score (nSPS) is 10.1. The zero-order valence-corrected chi connectivity index (χ0v) is 14.8. The van der Waals surface area contributed by atoms with Crippen molar-refractivity contribution in [3.05, 3.63) is 78.2 Å². The number of benzene rings is 1. The largest absolute Gasteiger partial charge is 0.346 e. The number of carbonyl (C=O) groups is 2. The first-order chi connectivity index (χ1) is 13.1. The van der Waals surface area contributed by atoms with Gasteiger partial charge in [0.15, 0.2) is 0 Å². The van der Waals surface area contributed by atoms with Gasteiger partial charge in [-0.2, -0.15) is 0 Å². The fourth-order valence-corrected chi connectivity index (χ4v) is 2.37. The average molecular weight is 361 g/mol. The fraction of sp³-hybridized carbons (Fsp3) is 0.100. The highest BCUT2D eigenvalue weighted by molar-refractivity contribution is 5.94. The van der Waals surface area contributed by atoms with E-state index < -0.39 is 0 Å². The first kappa shape index (κ1) is 18.1. The van der Waals surface area contributed by atoms with Crippen LogP contribution in [-0.2, 0) is 11.3 Å². The van der Waals surface area contributed by atoms with Gasteiger partial charge >= 0.3 is 0 Å². The van der Waals surface area contributed by atoms with Crippen molar-refractivity contribution >= 4 is 29.0 Å². The molecule has 0 aliphatic carbocycles. The molecule has 0 saturated heterocycles. The lowest BCUT2D eigenvalue weighted by Gasteiger charge is -2.08. The van der Waals surface area contributed by atoms with E-state index in [1.165, 1.54) is 13.1 Å². The SMILES string of the molecule is CC(=O)Nc1ccc(Nc2ccc(C(=O)NCc3ccccn3)cn2)cc1. The van der Waals surface area contributed by atoms with Gasteiger partial charge < -0.3 is 16.0 Å². The number of aromatic nitrogens is 2. The van der Waals surface area contributed by atoms with E-state index in [0.717, 1.165) is 17.1 Å². The highest BCUT2D eigenvalue weighted by Crippen LogP contribution is 2.17. The third-order valence-corrected chi connectivity index (χ3v) is 3.66. The average Bonchev–Trinajstić information content (AvgIpc) is 2.69. The molecule has 0 bridgehead atoms. The molecule has 1 aromatic carbocycles. The molecule has 3 N–H and O–H groups in total. The molecule has 136 valence electrons. The van der Waals surface area contributed by atoms with E-state index in [9.17, 15) is 9.59 Å². The molecule has 2 aromatic heterocycles. The number of carbonyl (C=O) groups excluding carboxylic acids is 2. The predicted molar refractivity (Wildman–Crippen MR) is 104 cm³/mol. The minimum absolute atomic E-state index is 0.116. The van der Waals surface area contributed by atoms with Crippen molar-refractivity contribution in [1.29, 1.82) is 0 Å². The summed E-state index contributed by atoms with van der Waals surface area (Å²) in [4.78, 5) is 31.6. The van der Waals surface area contributed by atoms with Gasteiger partial charge in [0.1, 0.15) is 5.82 Å². The number of hydrogen-bond acceptors (Lipinski definition) is 5. The Labute approximate surface area is 156 Å². The van der Waals surface area contributed by atoms with Crippen LogP contribution in [0, 0.1) is 0 Å². The van der Waals surface area contributed by atoms with Crippen molar-refractivity contribution in [2.75, 3.05) is 10.6 Å². The Kier molecular flexibility index (Phi) is 5.73. The summed E-state index contributed by atoms with van der Waals surface area (Å²) >= 11 is 0. The number of amides is 2. The third-order valence-electron chi connectivity index (χ3n) is 3.66. The van der Waals surface area contributed by atoms with Crippen LogP contribution in [0.1, 0.15) is 23.0 Å². The van der Waals surface area contributed by atoms with E-state index in [-0.39, 0.29) is 11.8 Å². The van der Waals surface area contributed by atoms with Gasteiger partial charge in [-0.3, -0.25) is 14.6 Å². The van der Waals surface area contributed by atoms with E-state index >= 15 is 0 Å². The summed E-state index contributed by atoms with van der Waals surface area (Å²) in [6, 6.07) is 16.2. The molecular formula is C20H19N5O2. The molecule has 0 unspecified atom stereocenters. The van der Waals surface area contributed by atoms with Gasteiger partial charge in [-0.05, 0) is 48.5 Å². The molecule has 3 aromatic rings. The van der Waals surface area contributed by atoms with Crippen LogP contribution >= 0.6 is 0 Å². The monoisotopic (exact) mass is 361 g/mol. The van der Waals surface area contributed by atoms with E-state index in [0.29, 0.717) is 17.9 Å². The number of anilines is 3. The number of nitrogens with zero attached hydrogens (tertiary/aromatic N) is 2. The summed E-state index contributed by atoms with van der Waals surface area (Å²) in [6.45, 7) is 1.82. The zero-order chi connectivity index (χ0) is 19.1. The Morgan fingerprint density at radius 1 is 0.926 bits per heavy atom. The van der Waals surface area contributed by atoms with Gasteiger partial charge in [-0.1, -0.05) is 6.07 Å². The fourth-order valence-electron chi connectivity index (χ4n) is 2.37. The van der Waals surface area contributed by atoms with Crippen LogP contribution < -0.4 is 16.0 Å². The Morgan fingerprint density at radius 2 is 1.70 bits per heavy atom. The van der Waals surface area contributed by atoms with Crippen LogP contribution in [-0.4, -0.2) is 21.8 Å². The van der Waals surface area contributed by atoms with Crippen molar-refractivity contribution in [1.82, 2.24) is 15.3 Å². The number of rotatable bonds is 6. The zero-order valence-electron chi connectivity index (χ0n) is 14.8. The van der Waals surface area contributed by atoms with Crippen LogP contribution in [0.25, 0.3) is 0 Å². The Balaban J connectivity index is 1.56. The molecule has 2 amide bonds. The number of pyridine rings is 2. The highest BCUT2D eigenvalue weighted by atomic mass is 16.2. The van der Waals surface area contributed by atoms with Crippen molar-refractivity contribution in [2.45, 2.75) is 13.5 Å². The van der Waals surface area contributed by atoms with Crippen LogP contribution in [0.3, 0.4) is 0 Å². The van der Waals surface area contributed by atoms with E-state index in [2.05, 4.69) is 25.9 Å². The Hall–Kier alpha value is -3.74. The Bertz CT molecular complexity index is 909. The lowest BCUT2D eigenvalue weighted by molar-refractivity contribution is -0.114. The molecule has 7 nitrogen and oxygen atoms in total. The second-order valence-electron chi connectivity index (χ2n) is 5.82. The summed E-state index contributed by atoms with van der Waals surface area (Å²) < 4.78 is 0. The van der Waals surface area contributed by atoms with Crippen LogP contribution in [0.4, 0.5) is 17.2 Å². The first-order valence-electron chi connectivity index (χ1n) is 8.39. The summed E-state index contributed by atoms with van der Waals surface area (Å²) in [6.07, 6.45) is 3.20. The molecule has 0 saturated carbocycles. The molecule has 0 atom stereocenters. The topological polar surface area (TPSA) is 96.0 Å². The van der Waals surface area contributed by atoms with Gasteiger partial charge in [-0.25, -0.2) is 4.98 Å². The summed E-state index contributed by atoms with van der Waals surface area (Å²) in [5, 5.41) is 8.66. The van der Waals surface area contributed by atoms with Crippen molar-refractivity contribution in [3.8, 4) is 0 Å². The minimum Gasteiger partial charge on any atom is -0.346 e. The lowest BCUT2D eigenvalue weighted by Crippen LogP contribution is -2.23. The summed E-state index contributed by atoms with van der Waals surface area (Å²) in [7, 11) is 0. The van der Waals surface area contributed by atoms with Crippen molar-refractivity contribution in [2.24, 2.45) is 0 Å². The smallest absolute Gasteiger partial charge is 0.253 e. The van der Waals surface area contributed by atoms with Gasteiger partial charge in [-0.15, -0.1) is 0 Å². The molecular weight excluding hydrogens is 342 g/mol. The first-order valence-corrected chi connectivity index (χ1v) is 8.39. The highest BCUT2D eigenvalue weighted by Gasteiger charge is 2.06. The maximum atomic E-state index is 12.2. The molecule has 0 aliphatic heterocycles. The maximum absolute atomic E-state index is 12.2. The molecule has 0 spiro atoms. The van der Waals surface area contributed by atoms with Gasteiger partial charge in [0.25, 0.3) is 5.91 Å². The molecule has 0 aliphatic rings. The van der Waals surface area contributed by atoms with Crippen LogP contribution in [0.15, 0.2) is 67.0 Å². The maximum Gasteiger partial charge on any atom is 0.253 e. The molecule has 0 fully saturated rings. The predicted octanol–water partition coefficient (Wildman–Crippen LogP) is 3.11. The molecule has 7 heteroatoms. The van der Waals surface area contributed by atoms with Crippen LogP contribution in [0.5, 0.6) is 0 Å². The molecule has 0 radical (unpaired) electrons. The molecule has 2 heterocycles. The molecule has 27 heavy (non-hydrogen) atoms. The second-order valence-corrected chi connectivity index (χ2v) is 5.82. The van der Waals surface area contributed by atoms with E-state index in [1.54, 1.807) is 30.5 Å². The quantitative estimate of drug-likeness (QED) is 0.627. The van der Waals surface area contributed by atoms with Gasteiger partial charge in [0.2, 0.25) is 5.91 Å². The van der Waals surface area contributed by atoms with Crippen LogP contribution in [0.2, 0.25) is 0 Å². The summed E-state index contributed by atoms with van der Waals surface area (Å²) in [5.41, 5.74) is 2.81. The number of nitrogens with one attached hydrogen (secondary N) is 3. The summed E-state index contributed by atoms with van der Waals surface area (Å²) in [5.74, 6) is 0.289. The van der Waals surface area contributed by atoms with Gasteiger partial charge in [0, 0.05) is 30.7 Å².